The lowest BCUT2D eigenvalue weighted by Crippen LogP contribution is -2.68. The third kappa shape index (κ3) is 3.39. The Morgan fingerprint density at radius 1 is 1.40 bits per heavy atom. The van der Waals surface area contributed by atoms with Gasteiger partial charge in [0.15, 0.2) is 6.61 Å². The minimum absolute atomic E-state index is 0.0151. The molecule has 2 saturated heterocycles. The summed E-state index contributed by atoms with van der Waals surface area (Å²) in [4.78, 5) is 28.8. The first-order valence-corrected chi connectivity index (χ1v) is 8.54. The van der Waals surface area contributed by atoms with Crippen LogP contribution < -0.4 is 10.1 Å². The van der Waals surface area contributed by atoms with E-state index in [0.717, 1.165) is 18.7 Å². The number of halogens is 1. The zero-order valence-corrected chi connectivity index (χ0v) is 15.5. The standard InChI is InChI=1S/C17H23ClN4O3/c1-20(2)14(23)8-25-13-6-4-5-12(15(13)18)7-22-10-17(11-22)9-19-16(24)21(17)3/h4-6H,7-11H2,1-3H3,(H,19,24). The summed E-state index contributed by atoms with van der Waals surface area (Å²) in [5, 5.41) is 3.41. The Labute approximate surface area is 152 Å². The zero-order valence-electron chi connectivity index (χ0n) is 14.7. The second-order valence-electron chi connectivity index (χ2n) is 6.89. The normalized spacial score (nSPS) is 18.9. The minimum Gasteiger partial charge on any atom is -0.482 e. The first-order valence-electron chi connectivity index (χ1n) is 8.17. The smallest absolute Gasteiger partial charge is 0.317 e. The van der Waals surface area contributed by atoms with Crippen LogP contribution in [0, 0.1) is 0 Å². The van der Waals surface area contributed by atoms with Crippen LogP contribution in [0.5, 0.6) is 5.75 Å². The number of amides is 3. The SMILES string of the molecule is CN(C)C(=O)COc1cccc(CN2CC3(CNC(=O)N3C)C2)c1Cl. The molecule has 1 aromatic rings. The quantitative estimate of drug-likeness (QED) is 0.845. The van der Waals surface area contributed by atoms with Crippen molar-refractivity contribution in [1.82, 2.24) is 20.0 Å². The first-order chi connectivity index (χ1) is 11.8. The maximum atomic E-state index is 11.7. The Kier molecular flexibility index (Phi) is 4.79. The second-order valence-corrected chi connectivity index (χ2v) is 7.27. The number of ether oxygens (including phenoxy) is 1. The van der Waals surface area contributed by atoms with Gasteiger partial charge in [0.2, 0.25) is 0 Å². The third-order valence-electron chi connectivity index (χ3n) is 4.91. The topological polar surface area (TPSA) is 65.1 Å². The van der Waals surface area contributed by atoms with E-state index in [-0.39, 0.29) is 24.1 Å². The number of nitrogens with zero attached hydrogens (tertiary/aromatic N) is 3. The highest BCUT2D eigenvalue weighted by Crippen LogP contribution is 2.34. The van der Waals surface area contributed by atoms with E-state index in [1.165, 1.54) is 4.90 Å². The second kappa shape index (κ2) is 6.72. The van der Waals surface area contributed by atoms with Crippen LogP contribution >= 0.6 is 11.6 Å². The predicted octanol–water partition coefficient (Wildman–Crippen LogP) is 1.02. The molecule has 0 saturated carbocycles. The van der Waals surface area contributed by atoms with E-state index in [0.29, 0.717) is 23.9 Å². The number of carbonyl (C=O) groups excluding carboxylic acids is 2. The molecule has 0 radical (unpaired) electrons. The van der Waals surface area contributed by atoms with Crippen LogP contribution in [-0.4, -0.2) is 79.6 Å². The Morgan fingerprint density at radius 3 is 2.72 bits per heavy atom. The largest absolute Gasteiger partial charge is 0.482 e. The van der Waals surface area contributed by atoms with E-state index in [1.807, 2.05) is 19.2 Å². The van der Waals surface area contributed by atoms with E-state index in [4.69, 9.17) is 16.3 Å². The van der Waals surface area contributed by atoms with E-state index >= 15 is 0 Å². The number of likely N-dealkylation sites (tertiary alicyclic amines) is 1. The molecule has 136 valence electrons. The van der Waals surface area contributed by atoms with E-state index in [2.05, 4.69) is 10.2 Å². The minimum atomic E-state index is -0.118. The van der Waals surface area contributed by atoms with Crippen LogP contribution in [0.25, 0.3) is 0 Å². The molecule has 0 aliphatic carbocycles. The highest BCUT2D eigenvalue weighted by atomic mass is 35.5. The molecular weight excluding hydrogens is 344 g/mol. The van der Waals surface area contributed by atoms with Gasteiger partial charge in [0, 0.05) is 47.3 Å². The monoisotopic (exact) mass is 366 g/mol. The Hall–Kier alpha value is -1.99. The summed E-state index contributed by atoms with van der Waals surface area (Å²) in [6, 6.07) is 5.58. The highest BCUT2D eigenvalue weighted by molar-refractivity contribution is 6.32. The highest BCUT2D eigenvalue weighted by Gasteiger charge is 2.51. The van der Waals surface area contributed by atoms with Crippen LogP contribution in [0.15, 0.2) is 18.2 Å². The fourth-order valence-corrected chi connectivity index (χ4v) is 3.45. The molecule has 8 heteroatoms. The molecular formula is C17H23ClN4O3. The molecule has 0 atom stereocenters. The molecule has 2 aliphatic heterocycles. The van der Waals surface area contributed by atoms with E-state index < -0.39 is 0 Å². The molecule has 1 N–H and O–H groups in total. The molecule has 1 aromatic carbocycles. The van der Waals surface area contributed by atoms with Gasteiger partial charge in [-0.15, -0.1) is 0 Å². The lowest BCUT2D eigenvalue weighted by atomic mass is 9.89. The zero-order chi connectivity index (χ0) is 18.2. The number of urea groups is 1. The van der Waals surface area contributed by atoms with Gasteiger partial charge in [-0.1, -0.05) is 23.7 Å². The molecule has 0 bridgehead atoms. The van der Waals surface area contributed by atoms with Gasteiger partial charge in [0.25, 0.3) is 5.91 Å². The average Bonchev–Trinajstić information content (AvgIpc) is 2.83. The lowest BCUT2D eigenvalue weighted by molar-refractivity contribution is -0.130. The maximum absolute atomic E-state index is 11.7. The third-order valence-corrected chi connectivity index (χ3v) is 5.34. The molecule has 0 unspecified atom stereocenters. The number of likely N-dealkylation sites (N-methyl/N-ethyl adjacent to an activating group) is 2. The Morgan fingerprint density at radius 2 is 2.12 bits per heavy atom. The van der Waals surface area contributed by atoms with Crippen molar-refractivity contribution >= 4 is 23.5 Å². The van der Waals surface area contributed by atoms with Gasteiger partial charge in [0.1, 0.15) is 5.75 Å². The predicted molar refractivity (Wildman–Crippen MR) is 94.8 cm³/mol. The van der Waals surface area contributed by atoms with Crippen molar-refractivity contribution in [2.75, 3.05) is 47.4 Å². The summed E-state index contributed by atoms with van der Waals surface area (Å²) in [6.45, 7) is 2.94. The molecule has 2 heterocycles. The summed E-state index contributed by atoms with van der Waals surface area (Å²) in [6.07, 6.45) is 0. The fourth-order valence-electron chi connectivity index (χ4n) is 3.21. The number of nitrogens with one attached hydrogen (secondary N) is 1. The van der Waals surface area contributed by atoms with Gasteiger partial charge in [0.05, 0.1) is 10.6 Å². The molecule has 2 fully saturated rings. The lowest BCUT2D eigenvalue weighted by Gasteiger charge is -2.50. The first kappa shape index (κ1) is 17.8. The average molecular weight is 367 g/mol. The van der Waals surface area contributed by atoms with Crippen LogP contribution in [-0.2, 0) is 11.3 Å². The van der Waals surface area contributed by atoms with Gasteiger partial charge in [-0.05, 0) is 11.6 Å². The summed E-state index contributed by atoms with van der Waals surface area (Å²) in [5.74, 6) is 0.395. The van der Waals surface area contributed by atoms with Crippen molar-refractivity contribution in [1.29, 1.82) is 0 Å². The summed E-state index contributed by atoms with van der Waals surface area (Å²) < 4.78 is 5.55. The number of benzene rings is 1. The van der Waals surface area contributed by atoms with Crippen molar-refractivity contribution in [3.63, 3.8) is 0 Å². The van der Waals surface area contributed by atoms with Crippen molar-refractivity contribution in [2.45, 2.75) is 12.1 Å². The number of rotatable bonds is 5. The number of carbonyl (C=O) groups is 2. The molecule has 0 aromatic heterocycles. The Balaban J connectivity index is 1.60. The van der Waals surface area contributed by atoms with Gasteiger partial charge in [-0.3, -0.25) is 9.69 Å². The van der Waals surface area contributed by atoms with Crippen LogP contribution in [0.2, 0.25) is 5.02 Å². The van der Waals surface area contributed by atoms with Gasteiger partial charge in [-0.2, -0.15) is 0 Å². The summed E-state index contributed by atoms with van der Waals surface area (Å²) in [5.41, 5.74) is 0.849. The van der Waals surface area contributed by atoms with Crippen LogP contribution in [0.1, 0.15) is 5.56 Å². The van der Waals surface area contributed by atoms with Crippen LogP contribution in [0.4, 0.5) is 4.79 Å². The number of hydrogen-bond acceptors (Lipinski definition) is 4. The Bertz CT molecular complexity index is 688. The molecule has 2 aliphatic rings. The van der Waals surface area contributed by atoms with Crippen molar-refractivity contribution in [2.24, 2.45) is 0 Å². The molecule has 7 nitrogen and oxygen atoms in total. The van der Waals surface area contributed by atoms with Gasteiger partial charge in [-0.25, -0.2) is 4.79 Å². The van der Waals surface area contributed by atoms with Crippen molar-refractivity contribution < 1.29 is 14.3 Å². The van der Waals surface area contributed by atoms with E-state index in [1.54, 1.807) is 25.1 Å². The van der Waals surface area contributed by atoms with Crippen LogP contribution in [0.3, 0.4) is 0 Å². The molecule has 1 spiro atoms. The fraction of sp³-hybridized carbons (Fsp3) is 0.529. The van der Waals surface area contributed by atoms with E-state index in [9.17, 15) is 9.59 Å². The molecule has 3 amide bonds. The van der Waals surface area contributed by atoms with Crippen molar-refractivity contribution in [3.05, 3.63) is 28.8 Å². The molecule has 25 heavy (non-hydrogen) atoms. The van der Waals surface area contributed by atoms with Gasteiger partial charge < -0.3 is 19.9 Å². The summed E-state index contributed by atoms with van der Waals surface area (Å²) in [7, 11) is 5.20. The molecule has 3 rings (SSSR count). The van der Waals surface area contributed by atoms with Crippen molar-refractivity contribution in [3.8, 4) is 5.75 Å². The van der Waals surface area contributed by atoms with Gasteiger partial charge >= 0.3 is 6.03 Å². The number of hydrogen-bond donors (Lipinski definition) is 1. The maximum Gasteiger partial charge on any atom is 0.317 e. The summed E-state index contributed by atoms with van der Waals surface area (Å²) >= 11 is 6.45.